The molecule has 15 nitrogen and oxygen atoms in total. The van der Waals surface area contributed by atoms with Gasteiger partial charge in [0.25, 0.3) is 0 Å². The van der Waals surface area contributed by atoms with Crippen molar-refractivity contribution in [3.05, 3.63) is 176 Å². The summed E-state index contributed by atoms with van der Waals surface area (Å²) < 4.78 is 0. The predicted octanol–water partition coefficient (Wildman–Crippen LogP) is 0.702. The predicted molar refractivity (Wildman–Crippen MR) is 199 cm³/mol. The smallest absolute Gasteiger partial charge is 0.872 e. The van der Waals surface area contributed by atoms with E-state index >= 15 is 0 Å². The zero-order chi connectivity index (χ0) is 42.9. The first kappa shape index (κ1) is 49.0. The van der Waals surface area contributed by atoms with E-state index < -0.39 is 69.2 Å². The third kappa shape index (κ3) is 8.74. The van der Waals surface area contributed by atoms with E-state index in [1.807, 2.05) is 0 Å². The number of benzene rings is 6. The second-order valence-electron chi connectivity index (χ2n) is 13.1. The van der Waals surface area contributed by atoms with Crippen molar-refractivity contribution < 1.29 is 104 Å². The van der Waals surface area contributed by atoms with Gasteiger partial charge >= 0.3 is 34.1 Å². The van der Waals surface area contributed by atoms with Crippen LogP contribution >= 0.6 is 0 Å². The molecule has 312 valence electrons. The molecule has 17 heteroatoms. The van der Waals surface area contributed by atoms with Crippen molar-refractivity contribution in [1.82, 2.24) is 4.90 Å². The molecule has 6 aromatic carbocycles. The third-order valence-corrected chi connectivity index (χ3v) is 9.20. The normalized spacial score (nSPS) is 12.0. The molecule has 2 N–H and O–H groups in total. The second-order valence-corrected chi connectivity index (χ2v) is 13.1. The first-order valence-corrected chi connectivity index (χ1v) is 17.3. The SMILES string of the molecule is CN(C)C=O.O.O=C1c2cccc([O-])c2C(=O)c2c([O-])cccc21.O=C1c2cccc([O-])c2C(=O)c2c([O-])cccc21.O=C1c2cccc([O-])c2C(=O)c2c([O-])cccc21.[Fe+3].[Fe+3]. The van der Waals surface area contributed by atoms with Gasteiger partial charge in [0.1, 0.15) is 0 Å². The van der Waals surface area contributed by atoms with Gasteiger partial charge in [-0.2, -0.15) is 0 Å². The first-order chi connectivity index (χ1) is 28.1. The van der Waals surface area contributed by atoms with Crippen LogP contribution in [0.2, 0.25) is 0 Å². The summed E-state index contributed by atoms with van der Waals surface area (Å²) in [5, 5.41) is 70.0. The summed E-state index contributed by atoms with van der Waals surface area (Å²) in [7, 11) is 3.38. The molecule has 0 heterocycles. The molecule has 62 heavy (non-hydrogen) atoms. The standard InChI is InChI=1S/3C14H8O4.C3H7NO.2Fe.H2O/c3*15-9-5-1-3-7-11(9)14(18)12-8(13(7)17)4-2-6-10(12)16;1-4(2)3-5;;;/h3*1-6,15-16H;3H,1-2H3;;;1H2/q;;;;2*+3;/p-6. The van der Waals surface area contributed by atoms with Gasteiger partial charge in [0.2, 0.25) is 6.41 Å². The van der Waals surface area contributed by atoms with Crippen molar-refractivity contribution in [2.45, 2.75) is 0 Å². The Hall–Kier alpha value is -7.39. The molecule has 9 rings (SSSR count). The minimum absolute atomic E-state index is 0. The summed E-state index contributed by atoms with van der Waals surface area (Å²) in [6, 6.07) is 24.4. The first-order valence-electron chi connectivity index (χ1n) is 17.3. The molecule has 1 amide bonds. The molecule has 0 bridgehead atoms. The van der Waals surface area contributed by atoms with Crippen LogP contribution in [-0.2, 0) is 38.9 Å². The Morgan fingerprint density at radius 1 is 0.339 bits per heavy atom. The van der Waals surface area contributed by atoms with Gasteiger partial charge in [-0.15, -0.1) is 0 Å². The Balaban J connectivity index is 0.000000229. The largest absolute Gasteiger partial charge is 3.00 e. The number of amides is 1. The number of fused-ring (bicyclic) bond motifs is 6. The summed E-state index contributed by atoms with van der Waals surface area (Å²) >= 11 is 0. The monoisotopic (exact) mass is 917 g/mol. The molecule has 0 saturated carbocycles. The molecular weight excluding hydrogens is 890 g/mol. The number of hydrogen-bond donors (Lipinski definition) is 0. The molecule has 6 aromatic rings. The van der Waals surface area contributed by atoms with E-state index in [2.05, 4.69) is 0 Å². The fraction of sp³-hybridized carbons (Fsp3) is 0.0444. The molecule has 0 aliphatic heterocycles. The van der Waals surface area contributed by atoms with Gasteiger partial charge in [-0.1, -0.05) is 144 Å². The fourth-order valence-electron chi connectivity index (χ4n) is 6.54. The Morgan fingerprint density at radius 3 is 0.613 bits per heavy atom. The van der Waals surface area contributed by atoms with E-state index in [0.717, 1.165) is 6.41 Å². The zero-order valence-electron chi connectivity index (χ0n) is 31.9. The Bertz CT molecular complexity index is 2350. The van der Waals surface area contributed by atoms with Crippen molar-refractivity contribution >= 4 is 41.1 Å². The van der Waals surface area contributed by atoms with Gasteiger partial charge in [0.05, 0.1) is 0 Å². The van der Waals surface area contributed by atoms with Gasteiger partial charge in [-0.05, 0) is 0 Å². The topological polar surface area (TPSA) is 293 Å². The molecule has 0 unspecified atom stereocenters. The van der Waals surface area contributed by atoms with E-state index in [-0.39, 0.29) is 106 Å². The number of rotatable bonds is 1. The Morgan fingerprint density at radius 2 is 0.484 bits per heavy atom. The van der Waals surface area contributed by atoms with E-state index in [1.165, 1.54) is 114 Å². The van der Waals surface area contributed by atoms with Crippen LogP contribution in [0.1, 0.15) is 95.5 Å². The number of carbonyl (C=O) groups is 7. The third-order valence-electron chi connectivity index (χ3n) is 9.20. The number of carbonyl (C=O) groups excluding carboxylic acids is 7. The summed E-state index contributed by atoms with van der Waals surface area (Å²) in [5.41, 5.74) is -0.728. The van der Waals surface area contributed by atoms with Gasteiger partial charge in [0, 0.05) is 80.9 Å². The summed E-state index contributed by atoms with van der Waals surface area (Å²) in [4.78, 5) is 83.7. The molecule has 0 atom stereocenters. The average molecular weight is 917 g/mol. The van der Waals surface area contributed by atoms with Crippen molar-refractivity contribution in [1.29, 1.82) is 0 Å². The van der Waals surface area contributed by atoms with E-state index in [9.17, 15) is 64.2 Å². The second kappa shape index (κ2) is 19.8. The van der Waals surface area contributed by atoms with Crippen molar-refractivity contribution in [2.24, 2.45) is 0 Å². The van der Waals surface area contributed by atoms with Crippen LogP contribution in [0.3, 0.4) is 0 Å². The van der Waals surface area contributed by atoms with Crippen LogP contribution in [0.15, 0.2) is 109 Å². The van der Waals surface area contributed by atoms with E-state index in [0.29, 0.717) is 0 Å². The fourth-order valence-corrected chi connectivity index (χ4v) is 6.54. The van der Waals surface area contributed by atoms with Crippen LogP contribution < -0.4 is 30.6 Å². The van der Waals surface area contributed by atoms with E-state index in [4.69, 9.17) is 0 Å². The van der Waals surface area contributed by atoms with Gasteiger partial charge in [-0.25, -0.2) is 0 Å². The maximum atomic E-state index is 12.1. The van der Waals surface area contributed by atoms with Crippen LogP contribution in [0.4, 0.5) is 0 Å². The molecular formula is C45H27Fe2NO14. The van der Waals surface area contributed by atoms with Crippen molar-refractivity contribution in [2.75, 3.05) is 14.1 Å². The summed E-state index contributed by atoms with van der Waals surface area (Å²) in [5.74, 6) is -6.49. The number of nitrogens with zero attached hydrogens (tertiary/aromatic N) is 1. The Kier molecular flexibility index (Phi) is 15.6. The van der Waals surface area contributed by atoms with Crippen LogP contribution in [0.5, 0.6) is 34.5 Å². The molecule has 0 aromatic heterocycles. The molecule has 3 aliphatic rings. The molecule has 0 saturated heterocycles. The minimum Gasteiger partial charge on any atom is -0.872 e. The maximum Gasteiger partial charge on any atom is 3.00 e. The minimum atomic E-state index is -0.657. The summed E-state index contributed by atoms with van der Waals surface area (Å²) in [6.07, 6.45) is 0.750. The Labute approximate surface area is 372 Å². The average Bonchev–Trinajstić information content (AvgIpc) is 3.21. The van der Waals surface area contributed by atoms with Gasteiger partial charge in [0.15, 0.2) is 34.7 Å². The molecule has 0 spiro atoms. The summed E-state index contributed by atoms with van der Waals surface area (Å²) in [6.45, 7) is 0. The zero-order valence-corrected chi connectivity index (χ0v) is 34.1. The molecule has 0 fully saturated rings. The van der Waals surface area contributed by atoms with Gasteiger partial charge < -0.3 is 41.0 Å². The molecule has 3 aliphatic carbocycles. The van der Waals surface area contributed by atoms with Crippen molar-refractivity contribution in [3.63, 3.8) is 0 Å². The quantitative estimate of drug-likeness (QED) is 0.162. The van der Waals surface area contributed by atoms with Crippen LogP contribution in [0, 0.1) is 0 Å². The number of ketones is 6. The molecule has 2 radical (unpaired) electrons. The van der Waals surface area contributed by atoms with Gasteiger partial charge in [-0.3, -0.25) is 33.6 Å². The maximum absolute atomic E-state index is 12.1. The van der Waals surface area contributed by atoms with E-state index in [1.54, 1.807) is 14.1 Å². The van der Waals surface area contributed by atoms with Crippen molar-refractivity contribution in [3.8, 4) is 34.5 Å². The number of hydrogen-bond acceptors (Lipinski definition) is 13. The van der Waals surface area contributed by atoms with Crippen LogP contribution in [-0.4, -0.2) is 65.6 Å². The van der Waals surface area contributed by atoms with Crippen LogP contribution in [0.25, 0.3) is 0 Å².